The van der Waals surface area contributed by atoms with E-state index in [1.54, 1.807) is 24.3 Å². The van der Waals surface area contributed by atoms with Gasteiger partial charge in [0.2, 0.25) is 5.95 Å². The van der Waals surface area contributed by atoms with Crippen LogP contribution in [0.15, 0.2) is 51.5 Å². The second-order valence-corrected chi connectivity index (χ2v) is 7.55. The van der Waals surface area contributed by atoms with Crippen molar-refractivity contribution in [2.24, 2.45) is 0 Å². The second-order valence-electron chi connectivity index (χ2n) is 5.43. The van der Waals surface area contributed by atoms with E-state index in [4.69, 9.17) is 16.9 Å². The van der Waals surface area contributed by atoms with E-state index in [0.29, 0.717) is 22.4 Å². The molecule has 0 aliphatic heterocycles. The van der Waals surface area contributed by atoms with Gasteiger partial charge in [-0.05, 0) is 80.7 Å². The summed E-state index contributed by atoms with van der Waals surface area (Å²) in [6.07, 6.45) is 1.53. The number of rotatable bonds is 4. The minimum absolute atomic E-state index is 0.390. The lowest BCUT2D eigenvalue weighted by atomic mass is 10.2. The normalized spacial score (nSPS) is 10.3. The molecule has 0 fully saturated rings. The third-order valence-corrected chi connectivity index (χ3v) is 4.97. The lowest BCUT2D eigenvalue weighted by Crippen LogP contribution is -2.02. The molecule has 2 aromatic carbocycles. The molecule has 1 aromatic heterocycles. The molecule has 0 aliphatic carbocycles. The summed E-state index contributed by atoms with van der Waals surface area (Å²) >= 11 is 13.3. The Balaban J connectivity index is 1.87. The van der Waals surface area contributed by atoms with Crippen molar-refractivity contribution in [1.29, 1.82) is 5.26 Å². The highest BCUT2D eigenvalue weighted by molar-refractivity contribution is 9.11. The highest BCUT2D eigenvalue weighted by Gasteiger charge is 2.11. The molecule has 0 saturated carbocycles. The molecule has 0 amide bonds. The molecule has 26 heavy (non-hydrogen) atoms. The Labute approximate surface area is 172 Å². The van der Waals surface area contributed by atoms with E-state index in [9.17, 15) is 0 Å². The SMILES string of the molecule is Cc1cc(Br)c(Nc2nc(Nc3ccc(C#N)cc3)ncc2Cl)c(Br)c1. The van der Waals surface area contributed by atoms with Crippen molar-refractivity contribution in [2.75, 3.05) is 10.6 Å². The van der Waals surface area contributed by atoms with Gasteiger partial charge in [0.25, 0.3) is 0 Å². The number of nitrogens with zero attached hydrogens (tertiary/aromatic N) is 3. The fourth-order valence-electron chi connectivity index (χ4n) is 2.21. The van der Waals surface area contributed by atoms with Crippen LogP contribution < -0.4 is 10.6 Å². The second kappa shape index (κ2) is 8.04. The van der Waals surface area contributed by atoms with Crippen LogP contribution in [-0.4, -0.2) is 9.97 Å². The van der Waals surface area contributed by atoms with E-state index in [1.165, 1.54) is 6.20 Å². The molecule has 0 atom stereocenters. The number of hydrogen-bond donors (Lipinski definition) is 2. The topological polar surface area (TPSA) is 73.6 Å². The average molecular weight is 494 g/mol. The molecular weight excluding hydrogens is 481 g/mol. The summed E-state index contributed by atoms with van der Waals surface area (Å²) in [4.78, 5) is 8.63. The van der Waals surface area contributed by atoms with Crippen LogP contribution in [0, 0.1) is 18.3 Å². The van der Waals surface area contributed by atoms with E-state index in [1.807, 2.05) is 19.1 Å². The van der Waals surface area contributed by atoms with Crippen molar-refractivity contribution in [1.82, 2.24) is 9.97 Å². The summed E-state index contributed by atoms with van der Waals surface area (Å²) in [5, 5.41) is 15.6. The van der Waals surface area contributed by atoms with E-state index >= 15 is 0 Å². The Morgan fingerprint density at radius 1 is 1.08 bits per heavy atom. The van der Waals surface area contributed by atoms with Crippen molar-refractivity contribution >= 4 is 66.6 Å². The summed E-state index contributed by atoms with van der Waals surface area (Å²) in [5.41, 5.74) is 3.30. The number of hydrogen-bond acceptors (Lipinski definition) is 5. The van der Waals surface area contributed by atoms with Gasteiger partial charge >= 0.3 is 0 Å². The zero-order valence-corrected chi connectivity index (χ0v) is 17.4. The first-order chi connectivity index (χ1) is 12.5. The van der Waals surface area contributed by atoms with Gasteiger partial charge in [0, 0.05) is 14.6 Å². The van der Waals surface area contributed by atoms with E-state index < -0.39 is 0 Å². The molecule has 130 valence electrons. The predicted molar refractivity (Wildman–Crippen MR) is 111 cm³/mol. The van der Waals surface area contributed by atoms with E-state index in [2.05, 4.69) is 58.5 Å². The minimum atomic E-state index is 0.390. The van der Waals surface area contributed by atoms with E-state index in [-0.39, 0.29) is 0 Å². The van der Waals surface area contributed by atoms with Gasteiger partial charge < -0.3 is 10.6 Å². The first-order valence-corrected chi connectivity index (χ1v) is 9.45. The molecule has 0 saturated heterocycles. The number of aryl methyl sites for hydroxylation is 1. The first-order valence-electron chi connectivity index (χ1n) is 7.48. The third-order valence-electron chi connectivity index (χ3n) is 3.44. The standard InChI is InChI=1S/C18H12Br2ClN5/c1-10-6-13(19)16(14(20)7-10)25-17-15(21)9-23-18(26-17)24-12-4-2-11(8-22)3-5-12/h2-7,9H,1H3,(H2,23,24,25,26). The molecule has 8 heteroatoms. The fraction of sp³-hybridized carbons (Fsp3) is 0.0556. The highest BCUT2D eigenvalue weighted by Crippen LogP contribution is 2.36. The molecule has 0 aliphatic rings. The number of anilines is 4. The summed E-state index contributed by atoms with van der Waals surface area (Å²) in [7, 11) is 0. The summed E-state index contributed by atoms with van der Waals surface area (Å²) in [6, 6.07) is 13.1. The smallest absolute Gasteiger partial charge is 0.229 e. The predicted octanol–water partition coefficient (Wildman–Crippen LogP) is 6.32. The monoisotopic (exact) mass is 491 g/mol. The van der Waals surface area contributed by atoms with Crippen LogP contribution in [-0.2, 0) is 0 Å². The Hall–Kier alpha value is -2.14. The molecule has 3 aromatic rings. The van der Waals surface area contributed by atoms with Crippen LogP contribution in [0.4, 0.5) is 23.1 Å². The van der Waals surface area contributed by atoms with Crippen molar-refractivity contribution in [2.45, 2.75) is 6.92 Å². The zero-order chi connectivity index (χ0) is 18.7. The quantitative estimate of drug-likeness (QED) is 0.445. The number of benzene rings is 2. The van der Waals surface area contributed by atoms with Gasteiger partial charge in [0.1, 0.15) is 5.02 Å². The van der Waals surface area contributed by atoms with Gasteiger partial charge in [-0.3, -0.25) is 0 Å². The minimum Gasteiger partial charge on any atom is -0.337 e. The van der Waals surface area contributed by atoms with Crippen molar-refractivity contribution in [3.8, 4) is 6.07 Å². The molecule has 0 unspecified atom stereocenters. The summed E-state index contributed by atoms with van der Waals surface area (Å²) in [6.45, 7) is 2.01. The van der Waals surface area contributed by atoms with Crippen LogP contribution in [0.25, 0.3) is 0 Å². The zero-order valence-electron chi connectivity index (χ0n) is 13.5. The van der Waals surface area contributed by atoms with Gasteiger partial charge in [0.05, 0.1) is 23.5 Å². The Bertz CT molecular complexity index is 976. The van der Waals surface area contributed by atoms with Crippen molar-refractivity contribution < 1.29 is 0 Å². The Morgan fingerprint density at radius 3 is 2.35 bits per heavy atom. The molecule has 2 N–H and O–H groups in total. The lowest BCUT2D eigenvalue weighted by Gasteiger charge is -2.13. The Morgan fingerprint density at radius 2 is 1.73 bits per heavy atom. The van der Waals surface area contributed by atoms with Crippen LogP contribution in [0.2, 0.25) is 5.02 Å². The van der Waals surface area contributed by atoms with Crippen molar-refractivity contribution in [3.63, 3.8) is 0 Å². The van der Waals surface area contributed by atoms with E-state index in [0.717, 1.165) is 25.9 Å². The Kier molecular flexibility index (Phi) is 5.77. The summed E-state index contributed by atoms with van der Waals surface area (Å²) < 4.78 is 1.78. The van der Waals surface area contributed by atoms with Crippen LogP contribution >= 0.6 is 43.5 Å². The number of nitrogens with one attached hydrogen (secondary N) is 2. The van der Waals surface area contributed by atoms with Gasteiger partial charge in [0.15, 0.2) is 5.82 Å². The third kappa shape index (κ3) is 4.33. The lowest BCUT2D eigenvalue weighted by molar-refractivity contribution is 1.16. The number of nitriles is 1. The molecule has 5 nitrogen and oxygen atoms in total. The largest absolute Gasteiger partial charge is 0.337 e. The van der Waals surface area contributed by atoms with Crippen LogP contribution in [0.1, 0.15) is 11.1 Å². The van der Waals surface area contributed by atoms with Gasteiger partial charge in [-0.2, -0.15) is 10.2 Å². The maximum absolute atomic E-state index is 8.86. The van der Waals surface area contributed by atoms with Gasteiger partial charge in [-0.15, -0.1) is 0 Å². The first kappa shape index (κ1) is 18.6. The van der Waals surface area contributed by atoms with Crippen molar-refractivity contribution in [3.05, 3.63) is 67.7 Å². The van der Waals surface area contributed by atoms with Gasteiger partial charge in [-0.1, -0.05) is 11.6 Å². The molecule has 3 rings (SSSR count). The molecule has 0 spiro atoms. The maximum atomic E-state index is 8.86. The van der Waals surface area contributed by atoms with Gasteiger partial charge in [-0.25, -0.2) is 4.98 Å². The maximum Gasteiger partial charge on any atom is 0.229 e. The fourth-order valence-corrected chi connectivity index (χ4v) is 3.96. The number of halogens is 3. The molecule has 0 radical (unpaired) electrons. The average Bonchev–Trinajstić information content (AvgIpc) is 2.61. The van der Waals surface area contributed by atoms with Crippen LogP contribution in [0.5, 0.6) is 0 Å². The molecular formula is C18H12Br2ClN5. The van der Waals surface area contributed by atoms with Crippen LogP contribution in [0.3, 0.4) is 0 Å². The molecule has 1 heterocycles. The molecule has 0 bridgehead atoms. The summed E-state index contributed by atoms with van der Waals surface area (Å²) in [5.74, 6) is 0.865. The number of aromatic nitrogens is 2. The highest BCUT2D eigenvalue weighted by atomic mass is 79.9.